The van der Waals surface area contributed by atoms with Crippen LogP contribution in [0.25, 0.3) is 0 Å². The molecule has 2 N–H and O–H groups in total. The number of aliphatic imine (C=N–C) groups is 1. The Bertz CT molecular complexity index is 947. The monoisotopic (exact) mass is 399 g/mol. The Morgan fingerprint density at radius 1 is 0.828 bits per heavy atom. The third-order valence-electron chi connectivity index (χ3n) is 4.84. The first-order chi connectivity index (χ1) is 13.7. The Morgan fingerprint density at radius 3 is 1.83 bits per heavy atom. The first kappa shape index (κ1) is 20.6. The quantitative estimate of drug-likeness (QED) is 0.583. The average molecular weight is 399 g/mol. The van der Waals surface area contributed by atoms with Gasteiger partial charge in [0.15, 0.2) is 0 Å². The zero-order chi connectivity index (χ0) is 21.1. The predicted octanol–water partition coefficient (Wildman–Crippen LogP) is 5.15. The second kappa shape index (κ2) is 8.09. The predicted molar refractivity (Wildman–Crippen MR) is 106 cm³/mol. The Hall–Kier alpha value is -3.12. The maximum atomic E-state index is 13.0. The van der Waals surface area contributed by atoms with Gasteiger partial charge in [0.25, 0.3) is 0 Å². The fraction of sp³-hybridized carbons (Fsp3) is 0.174. The third-order valence-corrected chi connectivity index (χ3v) is 4.84. The molecule has 0 aliphatic heterocycles. The Balaban J connectivity index is 2.02. The summed E-state index contributed by atoms with van der Waals surface area (Å²) in [5, 5.41) is 21.6. The highest BCUT2D eigenvalue weighted by atomic mass is 19.4. The van der Waals surface area contributed by atoms with E-state index in [0.29, 0.717) is 11.1 Å². The van der Waals surface area contributed by atoms with Crippen molar-refractivity contribution in [3.05, 3.63) is 101 Å². The molecule has 0 aliphatic rings. The van der Waals surface area contributed by atoms with Crippen LogP contribution in [0.4, 0.5) is 13.2 Å². The fourth-order valence-electron chi connectivity index (χ4n) is 3.23. The summed E-state index contributed by atoms with van der Waals surface area (Å²) in [5.74, 6) is -0.890. The molecule has 3 nitrogen and oxygen atoms in total. The van der Waals surface area contributed by atoms with E-state index < -0.39 is 29.1 Å². The van der Waals surface area contributed by atoms with Gasteiger partial charge in [0.1, 0.15) is 11.4 Å². The molecule has 0 aromatic heterocycles. The number of aromatic hydroxyl groups is 1. The van der Waals surface area contributed by atoms with E-state index in [9.17, 15) is 23.4 Å². The molecule has 0 amide bonds. The number of para-hydroxylation sites is 1. The molecule has 0 saturated heterocycles. The van der Waals surface area contributed by atoms with Crippen molar-refractivity contribution < 1.29 is 23.4 Å². The van der Waals surface area contributed by atoms with E-state index in [2.05, 4.69) is 4.99 Å². The van der Waals surface area contributed by atoms with Crippen molar-refractivity contribution in [2.45, 2.75) is 24.7 Å². The zero-order valence-electron chi connectivity index (χ0n) is 15.6. The first-order valence-electron chi connectivity index (χ1n) is 9.00. The Morgan fingerprint density at radius 2 is 1.34 bits per heavy atom. The van der Waals surface area contributed by atoms with Gasteiger partial charge in [0.05, 0.1) is 11.6 Å². The first-order valence-corrected chi connectivity index (χ1v) is 9.00. The minimum atomic E-state index is -4.67. The lowest BCUT2D eigenvalue weighted by atomic mass is 9.81. The fourth-order valence-corrected chi connectivity index (χ4v) is 3.23. The number of alkyl halides is 3. The van der Waals surface area contributed by atoms with Crippen molar-refractivity contribution in [3.63, 3.8) is 0 Å². The minimum Gasteiger partial charge on any atom is -0.507 e. The minimum absolute atomic E-state index is 0.0739. The highest BCUT2D eigenvalue weighted by Crippen LogP contribution is 2.38. The molecule has 3 rings (SSSR count). The van der Waals surface area contributed by atoms with Crippen LogP contribution in [0, 0.1) is 0 Å². The molecule has 3 aromatic rings. The summed E-state index contributed by atoms with van der Waals surface area (Å²) < 4.78 is 39.0. The van der Waals surface area contributed by atoms with Crippen molar-refractivity contribution in [1.29, 1.82) is 0 Å². The maximum Gasteiger partial charge on any atom is 0.419 e. The lowest BCUT2D eigenvalue weighted by Gasteiger charge is -2.33. The second-order valence-corrected chi connectivity index (χ2v) is 6.69. The topological polar surface area (TPSA) is 52.8 Å². The van der Waals surface area contributed by atoms with Crippen LogP contribution in [0.15, 0.2) is 83.9 Å². The lowest BCUT2D eigenvalue weighted by molar-refractivity contribution is -0.138. The number of rotatable bonds is 5. The van der Waals surface area contributed by atoms with E-state index in [0.717, 1.165) is 12.3 Å². The smallest absolute Gasteiger partial charge is 0.419 e. The largest absolute Gasteiger partial charge is 0.507 e. The number of phenolic OH excluding ortho intramolecular Hbond substituents is 1. The Kier molecular flexibility index (Phi) is 5.75. The van der Waals surface area contributed by atoms with Gasteiger partial charge in [0.2, 0.25) is 0 Å². The van der Waals surface area contributed by atoms with Gasteiger partial charge >= 0.3 is 6.18 Å². The van der Waals surface area contributed by atoms with Gasteiger partial charge in [-0.1, -0.05) is 66.7 Å². The highest BCUT2D eigenvalue weighted by molar-refractivity contribution is 5.84. The van der Waals surface area contributed by atoms with Gasteiger partial charge in [-0.05, 0) is 30.2 Å². The molecule has 29 heavy (non-hydrogen) atoms. The van der Waals surface area contributed by atoms with Gasteiger partial charge in [-0.25, -0.2) is 0 Å². The molecule has 0 spiro atoms. The summed E-state index contributed by atoms with van der Waals surface area (Å²) in [6.07, 6.45) is -3.51. The van der Waals surface area contributed by atoms with Crippen molar-refractivity contribution in [2.75, 3.05) is 0 Å². The van der Waals surface area contributed by atoms with Crippen molar-refractivity contribution >= 4 is 6.21 Å². The van der Waals surface area contributed by atoms with Crippen molar-refractivity contribution in [3.8, 4) is 5.75 Å². The average Bonchev–Trinajstić information content (AvgIpc) is 2.72. The van der Waals surface area contributed by atoms with E-state index in [1.165, 1.54) is 12.1 Å². The van der Waals surface area contributed by atoms with Crippen LogP contribution in [0.1, 0.15) is 29.2 Å². The number of hydrogen-bond acceptors (Lipinski definition) is 3. The summed E-state index contributed by atoms with van der Waals surface area (Å²) in [6, 6.07) is 20.5. The summed E-state index contributed by atoms with van der Waals surface area (Å²) in [4.78, 5) is 4.30. The molecule has 0 unspecified atom stereocenters. The Labute approximate surface area is 166 Å². The maximum absolute atomic E-state index is 13.0. The summed E-state index contributed by atoms with van der Waals surface area (Å²) in [7, 11) is 0. The SMILES string of the molecule is C[C@@H](N=Cc1cccc(C(F)(F)F)c1O)C(O)(c1ccccc1)c1ccccc1. The molecule has 0 fully saturated rings. The van der Waals surface area contributed by atoms with Crippen LogP contribution in [0.3, 0.4) is 0 Å². The molecule has 1 atom stereocenters. The molecule has 0 bridgehead atoms. The molecule has 150 valence electrons. The van der Waals surface area contributed by atoms with Crippen LogP contribution < -0.4 is 0 Å². The van der Waals surface area contributed by atoms with Gasteiger partial charge in [-0.2, -0.15) is 13.2 Å². The molecule has 3 aromatic carbocycles. The molecule has 6 heteroatoms. The summed E-state index contributed by atoms with van der Waals surface area (Å²) in [5.41, 5.74) is -1.50. The van der Waals surface area contributed by atoms with Crippen LogP contribution >= 0.6 is 0 Å². The summed E-state index contributed by atoms with van der Waals surface area (Å²) in [6.45, 7) is 1.67. The molecule has 0 heterocycles. The molecular weight excluding hydrogens is 379 g/mol. The number of nitrogens with zero attached hydrogens (tertiary/aromatic N) is 1. The number of halogens is 3. The summed E-state index contributed by atoms with van der Waals surface area (Å²) >= 11 is 0. The molecule has 0 aliphatic carbocycles. The van der Waals surface area contributed by atoms with Gasteiger partial charge in [-0.3, -0.25) is 4.99 Å². The van der Waals surface area contributed by atoms with Gasteiger partial charge in [-0.15, -0.1) is 0 Å². The molecule has 0 radical (unpaired) electrons. The number of aliphatic hydroxyl groups is 1. The lowest BCUT2D eigenvalue weighted by Crippen LogP contribution is -2.38. The van der Waals surface area contributed by atoms with Gasteiger partial charge < -0.3 is 10.2 Å². The number of phenols is 1. The van der Waals surface area contributed by atoms with E-state index >= 15 is 0 Å². The van der Waals surface area contributed by atoms with Crippen molar-refractivity contribution in [2.24, 2.45) is 4.99 Å². The van der Waals surface area contributed by atoms with E-state index in [-0.39, 0.29) is 5.56 Å². The van der Waals surface area contributed by atoms with E-state index in [4.69, 9.17) is 0 Å². The van der Waals surface area contributed by atoms with Crippen LogP contribution in [-0.2, 0) is 11.8 Å². The normalized spacial score (nSPS) is 13.6. The third kappa shape index (κ3) is 4.17. The number of hydrogen-bond donors (Lipinski definition) is 2. The second-order valence-electron chi connectivity index (χ2n) is 6.69. The van der Waals surface area contributed by atoms with Crippen LogP contribution in [0.2, 0.25) is 0 Å². The standard InChI is InChI=1S/C23H20F3NO2/c1-16(27-15-17-9-8-14-20(21(17)28)23(24,25)26)22(29,18-10-4-2-5-11-18)19-12-6-3-7-13-19/h2-16,28-29H,1H3/t16-/m1/s1. The zero-order valence-corrected chi connectivity index (χ0v) is 15.6. The molecule has 0 saturated carbocycles. The van der Waals surface area contributed by atoms with E-state index in [1.807, 2.05) is 12.1 Å². The highest BCUT2D eigenvalue weighted by Gasteiger charge is 2.38. The van der Waals surface area contributed by atoms with Crippen LogP contribution in [0.5, 0.6) is 5.75 Å². The van der Waals surface area contributed by atoms with Crippen LogP contribution in [-0.4, -0.2) is 22.5 Å². The van der Waals surface area contributed by atoms with Crippen molar-refractivity contribution in [1.82, 2.24) is 0 Å². The number of benzene rings is 3. The van der Waals surface area contributed by atoms with Gasteiger partial charge in [0, 0.05) is 11.8 Å². The molecular formula is C23H20F3NO2. The van der Waals surface area contributed by atoms with E-state index in [1.54, 1.807) is 55.5 Å².